The van der Waals surface area contributed by atoms with E-state index in [9.17, 15) is 10.1 Å². The first kappa shape index (κ1) is 19.4. The van der Waals surface area contributed by atoms with Crippen LogP contribution in [-0.2, 0) is 11.3 Å². The third kappa shape index (κ3) is 4.48. The molecule has 1 heterocycles. The fourth-order valence-corrected chi connectivity index (χ4v) is 3.03. The zero-order valence-electron chi connectivity index (χ0n) is 15.3. The fourth-order valence-electron chi connectivity index (χ4n) is 2.82. The number of nitriles is 1. The number of H-pyrrole nitrogens is 1. The smallest absolute Gasteiger partial charge is 0.342 e. The average Bonchev–Trinajstić information content (AvgIpc) is 2.72. The summed E-state index contributed by atoms with van der Waals surface area (Å²) in [6.07, 6.45) is 0. The molecule has 0 radical (unpaired) electrons. The molecule has 0 aliphatic carbocycles. The summed E-state index contributed by atoms with van der Waals surface area (Å²) in [5.41, 5.74) is 3.02. The van der Waals surface area contributed by atoms with Gasteiger partial charge in [-0.2, -0.15) is 5.26 Å². The number of hydrogen-bond acceptors (Lipinski definition) is 4. The van der Waals surface area contributed by atoms with Gasteiger partial charge in [-0.15, -0.1) is 0 Å². The summed E-state index contributed by atoms with van der Waals surface area (Å²) < 4.78 is 5.17. The summed E-state index contributed by atoms with van der Waals surface area (Å²) in [6.45, 7) is 2.47. The van der Waals surface area contributed by atoms with E-state index in [0.29, 0.717) is 34.2 Å². The number of benzene rings is 2. The van der Waals surface area contributed by atoms with Crippen molar-refractivity contribution in [3.63, 3.8) is 0 Å². The average molecular weight is 393 g/mol. The molecule has 0 spiro atoms. The second-order valence-electron chi connectivity index (χ2n) is 6.03. The van der Waals surface area contributed by atoms with Crippen molar-refractivity contribution in [3.8, 4) is 17.3 Å². The standard InChI is InChI=1S/C22H18ClN3O2/c1-2-28-22(27)19-12-17(13-24)21(25-14-15-7-6-10-18(23)11-15)26-20(19)16-8-4-3-5-9-16/h3-12H,2,14H2,1H3,(H,25,26)/p+1. The molecule has 0 fully saturated rings. The van der Waals surface area contributed by atoms with Gasteiger partial charge < -0.3 is 4.74 Å². The molecule has 2 aromatic carbocycles. The van der Waals surface area contributed by atoms with Crippen LogP contribution >= 0.6 is 11.6 Å². The Hall–Kier alpha value is -3.36. The van der Waals surface area contributed by atoms with Gasteiger partial charge in [0.1, 0.15) is 29.4 Å². The van der Waals surface area contributed by atoms with E-state index in [4.69, 9.17) is 16.3 Å². The summed E-state index contributed by atoms with van der Waals surface area (Å²) in [7, 11) is 0. The van der Waals surface area contributed by atoms with E-state index in [2.05, 4.69) is 16.4 Å². The lowest BCUT2D eigenvalue weighted by Gasteiger charge is -2.10. The molecule has 28 heavy (non-hydrogen) atoms. The fraction of sp³-hybridized carbons (Fsp3) is 0.136. The molecule has 0 aliphatic heterocycles. The lowest BCUT2D eigenvalue weighted by Crippen LogP contribution is -2.22. The van der Waals surface area contributed by atoms with Gasteiger partial charge in [0, 0.05) is 10.6 Å². The van der Waals surface area contributed by atoms with E-state index in [1.54, 1.807) is 19.1 Å². The zero-order valence-corrected chi connectivity index (χ0v) is 16.1. The third-order valence-corrected chi connectivity index (χ3v) is 4.35. The number of aromatic amines is 1. The van der Waals surface area contributed by atoms with Crippen molar-refractivity contribution in [2.45, 2.75) is 13.5 Å². The first-order valence-electron chi connectivity index (χ1n) is 8.83. The van der Waals surface area contributed by atoms with Crippen LogP contribution in [-0.4, -0.2) is 12.6 Å². The van der Waals surface area contributed by atoms with Gasteiger partial charge in [-0.05, 0) is 30.7 Å². The lowest BCUT2D eigenvalue weighted by molar-refractivity contribution is -0.348. The van der Waals surface area contributed by atoms with Crippen molar-refractivity contribution in [3.05, 3.63) is 82.4 Å². The van der Waals surface area contributed by atoms with E-state index in [0.717, 1.165) is 11.1 Å². The Morgan fingerprint density at radius 1 is 1.18 bits per heavy atom. The second-order valence-corrected chi connectivity index (χ2v) is 6.46. The molecule has 3 aromatic rings. The first-order chi connectivity index (χ1) is 13.6. The number of hydrogen-bond donors (Lipinski definition) is 1. The van der Waals surface area contributed by atoms with Crippen LogP contribution in [0.15, 0.2) is 60.7 Å². The highest BCUT2D eigenvalue weighted by atomic mass is 35.5. The molecule has 6 heteroatoms. The number of pyridine rings is 1. The van der Waals surface area contributed by atoms with Crippen LogP contribution in [0.3, 0.4) is 0 Å². The molecule has 1 aromatic heterocycles. The van der Waals surface area contributed by atoms with Gasteiger partial charge in [-0.25, -0.2) is 9.78 Å². The summed E-state index contributed by atoms with van der Waals surface area (Å²) in [5, 5.41) is 13.4. The maximum Gasteiger partial charge on any atom is 0.342 e. The Kier molecular flexibility index (Phi) is 6.25. The molecule has 2 N–H and O–H groups in total. The van der Waals surface area contributed by atoms with E-state index in [-0.39, 0.29) is 6.61 Å². The number of aromatic nitrogens is 1. The molecule has 0 saturated heterocycles. The topological polar surface area (TPSA) is 76.3 Å². The number of rotatable bonds is 6. The summed E-state index contributed by atoms with van der Waals surface area (Å²) in [5.74, 6) is 0.0462. The van der Waals surface area contributed by atoms with Crippen LogP contribution in [0.4, 0.5) is 5.82 Å². The number of esters is 1. The molecule has 3 rings (SSSR count). The number of carbonyl (C=O) groups is 1. The van der Waals surface area contributed by atoms with E-state index in [1.165, 1.54) is 0 Å². The van der Waals surface area contributed by atoms with Gasteiger partial charge in [-0.3, -0.25) is 5.32 Å². The molecule has 0 aliphatic rings. The largest absolute Gasteiger partial charge is 0.462 e. The van der Waals surface area contributed by atoms with Crippen molar-refractivity contribution in [1.29, 1.82) is 5.26 Å². The molecule has 5 nitrogen and oxygen atoms in total. The Labute approximate surface area is 168 Å². The normalized spacial score (nSPS) is 10.2. The highest BCUT2D eigenvalue weighted by Gasteiger charge is 2.23. The molecular formula is C22H19ClN3O2+. The number of anilines is 1. The summed E-state index contributed by atoms with van der Waals surface area (Å²) in [4.78, 5) is 15.7. The Morgan fingerprint density at radius 2 is 1.96 bits per heavy atom. The Morgan fingerprint density at radius 3 is 2.64 bits per heavy atom. The molecule has 0 atom stereocenters. The minimum atomic E-state index is -0.476. The number of carbonyl (C=O) groups excluding carboxylic acids is 1. The van der Waals surface area contributed by atoms with E-state index < -0.39 is 5.97 Å². The van der Waals surface area contributed by atoms with Gasteiger partial charge >= 0.3 is 5.97 Å². The number of nitrogens with zero attached hydrogens (tertiary/aromatic N) is 1. The highest BCUT2D eigenvalue weighted by molar-refractivity contribution is 6.30. The van der Waals surface area contributed by atoms with Crippen molar-refractivity contribution >= 4 is 23.4 Å². The molecule has 0 bridgehead atoms. The predicted octanol–water partition coefficient (Wildman–Crippen LogP) is 4.48. The Bertz CT molecular complexity index is 1030. The number of ether oxygens (including phenoxy) is 1. The third-order valence-electron chi connectivity index (χ3n) is 4.11. The van der Waals surface area contributed by atoms with Gasteiger partial charge in [0.15, 0.2) is 0 Å². The van der Waals surface area contributed by atoms with Gasteiger partial charge in [-0.1, -0.05) is 54.1 Å². The molecular weight excluding hydrogens is 374 g/mol. The Balaban J connectivity index is 2.02. The summed E-state index contributed by atoms with van der Waals surface area (Å²) in [6, 6.07) is 20.6. The van der Waals surface area contributed by atoms with Crippen LogP contribution in [0.5, 0.6) is 0 Å². The lowest BCUT2D eigenvalue weighted by atomic mass is 10.0. The van der Waals surface area contributed by atoms with Crippen molar-refractivity contribution < 1.29 is 14.5 Å². The maximum atomic E-state index is 12.4. The number of halogens is 1. The van der Waals surface area contributed by atoms with E-state index >= 15 is 0 Å². The highest BCUT2D eigenvalue weighted by Crippen LogP contribution is 2.24. The van der Waals surface area contributed by atoms with Crippen molar-refractivity contribution in [2.24, 2.45) is 0 Å². The monoisotopic (exact) mass is 392 g/mol. The molecule has 0 unspecified atom stereocenters. The molecule has 0 saturated carbocycles. The first-order valence-corrected chi connectivity index (χ1v) is 9.21. The SMILES string of the molecule is CCOC(=O)c1cc(C#N)c(NCc2cccc(Cl)c2)[nH+]c1-c1ccccc1. The summed E-state index contributed by atoms with van der Waals surface area (Å²) >= 11 is 6.04. The van der Waals surface area contributed by atoms with Crippen molar-refractivity contribution in [2.75, 3.05) is 11.9 Å². The van der Waals surface area contributed by atoms with Gasteiger partial charge in [0.05, 0.1) is 6.61 Å². The molecule has 140 valence electrons. The van der Waals surface area contributed by atoms with Crippen molar-refractivity contribution in [1.82, 2.24) is 0 Å². The predicted molar refractivity (Wildman–Crippen MR) is 108 cm³/mol. The van der Waals surface area contributed by atoms with Crippen LogP contribution in [0, 0.1) is 11.3 Å². The van der Waals surface area contributed by atoms with Gasteiger partial charge in [0.2, 0.25) is 0 Å². The zero-order chi connectivity index (χ0) is 19.9. The minimum absolute atomic E-state index is 0.254. The van der Waals surface area contributed by atoms with Crippen LogP contribution in [0.25, 0.3) is 11.3 Å². The van der Waals surface area contributed by atoms with E-state index in [1.807, 2.05) is 48.5 Å². The quantitative estimate of drug-likeness (QED) is 0.627. The van der Waals surface area contributed by atoms with Crippen LogP contribution in [0.2, 0.25) is 5.02 Å². The second kappa shape index (κ2) is 9.03. The minimum Gasteiger partial charge on any atom is -0.462 e. The van der Waals surface area contributed by atoms with Gasteiger partial charge in [0.25, 0.3) is 5.82 Å². The maximum absolute atomic E-state index is 12.4. The number of nitrogens with one attached hydrogen (secondary N) is 2. The van der Waals surface area contributed by atoms with Crippen LogP contribution < -0.4 is 10.3 Å². The molecule has 0 amide bonds. The van der Waals surface area contributed by atoms with Crippen LogP contribution in [0.1, 0.15) is 28.4 Å².